The molecular formula is C13H14N2O4. The molecule has 2 rings (SSSR count). The van der Waals surface area contributed by atoms with Gasteiger partial charge in [0.25, 0.3) is 5.89 Å². The van der Waals surface area contributed by atoms with Crippen LogP contribution in [0.4, 0.5) is 0 Å². The van der Waals surface area contributed by atoms with Crippen molar-refractivity contribution < 1.29 is 19.1 Å². The lowest BCUT2D eigenvalue weighted by atomic mass is 10.1. The molecule has 0 atom stereocenters. The van der Waals surface area contributed by atoms with Crippen molar-refractivity contribution in [1.82, 2.24) is 10.2 Å². The second-order valence-corrected chi connectivity index (χ2v) is 3.95. The van der Waals surface area contributed by atoms with Gasteiger partial charge < -0.3 is 14.3 Å². The molecule has 100 valence electrons. The molecule has 1 aromatic carbocycles. The van der Waals surface area contributed by atoms with Crippen molar-refractivity contribution >= 4 is 5.97 Å². The molecule has 1 N–H and O–H groups in total. The summed E-state index contributed by atoms with van der Waals surface area (Å²) in [6, 6.07) is 6.93. The largest absolute Gasteiger partial charge is 0.484 e. The van der Waals surface area contributed by atoms with Gasteiger partial charge in [0.2, 0.25) is 5.89 Å². The van der Waals surface area contributed by atoms with Gasteiger partial charge in [-0.2, -0.15) is 0 Å². The number of benzene rings is 1. The van der Waals surface area contributed by atoms with Gasteiger partial charge in [-0.1, -0.05) is 19.1 Å². The Hall–Kier alpha value is -2.37. The Kier molecular flexibility index (Phi) is 4.12. The SMILES string of the molecule is CCc1nnc(COc2cccc(CC(=O)O)c2)o1. The number of rotatable bonds is 6. The quantitative estimate of drug-likeness (QED) is 0.854. The summed E-state index contributed by atoms with van der Waals surface area (Å²) in [5.41, 5.74) is 0.685. The molecule has 0 aliphatic rings. The molecular weight excluding hydrogens is 248 g/mol. The van der Waals surface area contributed by atoms with Crippen LogP contribution in [-0.4, -0.2) is 21.3 Å². The third-order valence-corrected chi connectivity index (χ3v) is 2.43. The number of hydrogen-bond acceptors (Lipinski definition) is 5. The molecule has 0 bridgehead atoms. The molecule has 2 aromatic rings. The summed E-state index contributed by atoms with van der Waals surface area (Å²) in [6.07, 6.45) is 0.652. The molecule has 6 nitrogen and oxygen atoms in total. The smallest absolute Gasteiger partial charge is 0.307 e. The topological polar surface area (TPSA) is 85.5 Å². The summed E-state index contributed by atoms with van der Waals surface area (Å²) in [6.45, 7) is 2.09. The maximum absolute atomic E-state index is 10.6. The van der Waals surface area contributed by atoms with Crippen LogP contribution in [0.5, 0.6) is 5.75 Å². The Morgan fingerprint density at radius 2 is 2.16 bits per heavy atom. The molecule has 0 spiro atoms. The second kappa shape index (κ2) is 5.99. The van der Waals surface area contributed by atoms with Crippen molar-refractivity contribution in [3.63, 3.8) is 0 Å². The molecule has 6 heteroatoms. The van der Waals surface area contributed by atoms with Gasteiger partial charge in [-0.25, -0.2) is 0 Å². The zero-order valence-electron chi connectivity index (χ0n) is 10.5. The van der Waals surface area contributed by atoms with Gasteiger partial charge in [-0.05, 0) is 17.7 Å². The van der Waals surface area contributed by atoms with E-state index in [0.717, 1.165) is 0 Å². The van der Waals surface area contributed by atoms with E-state index in [1.54, 1.807) is 24.3 Å². The predicted molar refractivity (Wildman–Crippen MR) is 65.8 cm³/mol. The molecule has 0 aliphatic carbocycles. The third kappa shape index (κ3) is 3.80. The highest BCUT2D eigenvalue weighted by Gasteiger charge is 2.06. The first-order valence-electron chi connectivity index (χ1n) is 5.92. The van der Waals surface area contributed by atoms with E-state index >= 15 is 0 Å². The molecule has 0 aliphatic heterocycles. The van der Waals surface area contributed by atoms with Crippen LogP contribution in [0.25, 0.3) is 0 Å². The number of carbonyl (C=O) groups is 1. The van der Waals surface area contributed by atoms with Crippen LogP contribution in [-0.2, 0) is 24.2 Å². The molecule has 0 unspecified atom stereocenters. The Morgan fingerprint density at radius 1 is 1.37 bits per heavy atom. The van der Waals surface area contributed by atoms with Crippen molar-refractivity contribution in [2.24, 2.45) is 0 Å². The number of hydrogen-bond donors (Lipinski definition) is 1. The Bertz CT molecular complexity index is 565. The molecule has 19 heavy (non-hydrogen) atoms. The lowest BCUT2D eigenvalue weighted by molar-refractivity contribution is -0.136. The summed E-state index contributed by atoms with van der Waals surface area (Å²) in [4.78, 5) is 10.6. The molecule has 0 fully saturated rings. The number of aromatic nitrogens is 2. The Balaban J connectivity index is 1.97. The fourth-order valence-corrected chi connectivity index (χ4v) is 1.55. The van der Waals surface area contributed by atoms with E-state index in [4.69, 9.17) is 14.3 Å². The van der Waals surface area contributed by atoms with E-state index in [0.29, 0.717) is 29.5 Å². The summed E-state index contributed by atoms with van der Waals surface area (Å²) >= 11 is 0. The molecule has 0 saturated carbocycles. The van der Waals surface area contributed by atoms with Crippen LogP contribution < -0.4 is 4.74 Å². The monoisotopic (exact) mass is 262 g/mol. The summed E-state index contributed by atoms with van der Waals surface area (Å²) < 4.78 is 10.8. The molecule has 1 aromatic heterocycles. The first-order valence-corrected chi connectivity index (χ1v) is 5.92. The highest BCUT2D eigenvalue weighted by molar-refractivity contribution is 5.70. The van der Waals surface area contributed by atoms with Gasteiger partial charge in [0, 0.05) is 6.42 Å². The van der Waals surface area contributed by atoms with Gasteiger partial charge in [-0.15, -0.1) is 10.2 Å². The summed E-state index contributed by atoms with van der Waals surface area (Å²) in [5.74, 6) is 0.676. The average Bonchev–Trinajstić information content (AvgIpc) is 2.84. The van der Waals surface area contributed by atoms with Crippen LogP contribution in [0.15, 0.2) is 28.7 Å². The second-order valence-electron chi connectivity index (χ2n) is 3.95. The number of carboxylic acids is 1. The van der Waals surface area contributed by atoms with Gasteiger partial charge in [0.1, 0.15) is 5.75 Å². The number of ether oxygens (including phenoxy) is 1. The molecule has 1 heterocycles. The lowest BCUT2D eigenvalue weighted by Gasteiger charge is -2.04. The maximum atomic E-state index is 10.6. The minimum Gasteiger partial charge on any atom is -0.484 e. The van der Waals surface area contributed by atoms with E-state index in [1.807, 2.05) is 6.92 Å². The summed E-state index contributed by atoms with van der Waals surface area (Å²) in [5, 5.41) is 16.4. The van der Waals surface area contributed by atoms with E-state index in [9.17, 15) is 4.79 Å². The van der Waals surface area contributed by atoms with Crippen LogP contribution in [0.2, 0.25) is 0 Å². The number of nitrogens with zero attached hydrogens (tertiary/aromatic N) is 2. The van der Waals surface area contributed by atoms with Crippen molar-refractivity contribution in [3.05, 3.63) is 41.6 Å². The minimum atomic E-state index is -0.873. The lowest BCUT2D eigenvalue weighted by Crippen LogP contribution is -2.01. The standard InChI is InChI=1S/C13H14N2O4/c1-2-11-14-15-12(19-11)8-18-10-5-3-4-9(6-10)7-13(16)17/h3-6H,2,7-8H2,1H3,(H,16,17). The summed E-state index contributed by atoms with van der Waals surface area (Å²) in [7, 11) is 0. The first kappa shape index (κ1) is 13.1. The highest BCUT2D eigenvalue weighted by atomic mass is 16.5. The minimum absolute atomic E-state index is 0.0300. The first-order chi connectivity index (χ1) is 9.17. The van der Waals surface area contributed by atoms with Crippen molar-refractivity contribution in [3.8, 4) is 5.75 Å². The fourth-order valence-electron chi connectivity index (χ4n) is 1.55. The van der Waals surface area contributed by atoms with Gasteiger partial charge in [0.15, 0.2) is 6.61 Å². The molecule has 0 amide bonds. The van der Waals surface area contributed by atoms with Gasteiger partial charge in [0.05, 0.1) is 6.42 Å². The Morgan fingerprint density at radius 3 is 2.84 bits per heavy atom. The van der Waals surface area contributed by atoms with Crippen LogP contribution in [0.3, 0.4) is 0 Å². The highest BCUT2D eigenvalue weighted by Crippen LogP contribution is 2.15. The van der Waals surface area contributed by atoms with Crippen molar-refractivity contribution in [2.45, 2.75) is 26.4 Å². The fraction of sp³-hybridized carbons (Fsp3) is 0.308. The Labute approximate surface area is 110 Å². The van der Waals surface area contributed by atoms with Gasteiger partial charge in [-0.3, -0.25) is 4.79 Å². The number of carboxylic acid groups (broad SMARTS) is 1. The van der Waals surface area contributed by atoms with E-state index in [1.165, 1.54) is 0 Å². The van der Waals surface area contributed by atoms with E-state index < -0.39 is 5.97 Å². The number of aryl methyl sites for hydroxylation is 1. The van der Waals surface area contributed by atoms with Gasteiger partial charge >= 0.3 is 5.97 Å². The van der Waals surface area contributed by atoms with E-state index in [-0.39, 0.29) is 13.0 Å². The van der Waals surface area contributed by atoms with E-state index in [2.05, 4.69) is 10.2 Å². The molecule has 0 saturated heterocycles. The van der Waals surface area contributed by atoms with Crippen LogP contribution in [0.1, 0.15) is 24.3 Å². The maximum Gasteiger partial charge on any atom is 0.307 e. The van der Waals surface area contributed by atoms with Crippen LogP contribution in [0, 0.1) is 0 Å². The van der Waals surface area contributed by atoms with Crippen molar-refractivity contribution in [1.29, 1.82) is 0 Å². The normalized spacial score (nSPS) is 10.4. The average molecular weight is 262 g/mol. The zero-order valence-corrected chi connectivity index (χ0v) is 10.5. The predicted octanol–water partition coefficient (Wildman–Crippen LogP) is 1.84. The third-order valence-electron chi connectivity index (χ3n) is 2.43. The van der Waals surface area contributed by atoms with Crippen LogP contribution >= 0.6 is 0 Å². The zero-order chi connectivity index (χ0) is 13.7. The molecule has 0 radical (unpaired) electrons. The van der Waals surface area contributed by atoms with Crippen molar-refractivity contribution in [2.75, 3.05) is 0 Å². The number of aliphatic carboxylic acids is 1.